The van der Waals surface area contributed by atoms with Crippen molar-refractivity contribution >= 4 is 29.1 Å². The molecule has 0 radical (unpaired) electrons. The molecule has 2 aromatic rings. The minimum atomic E-state index is -0.612. The van der Waals surface area contributed by atoms with Crippen LogP contribution in [0.4, 0.5) is 26.4 Å². The molecule has 4 rings (SSSR count). The topological polar surface area (TPSA) is 77.6 Å². The number of aryl methyl sites for hydroxylation is 1. The van der Waals surface area contributed by atoms with Gasteiger partial charge in [0.05, 0.1) is 11.3 Å². The monoisotopic (exact) mass is 355 g/mol. The van der Waals surface area contributed by atoms with E-state index in [1.54, 1.807) is 6.20 Å². The Hall–Kier alpha value is -3.16. The molecule has 7 nitrogen and oxygen atoms in total. The fourth-order valence-electron chi connectivity index (χ4n) is 3.22. The Morgan fingerprint density at radius 2 is 2.00 bits per heavy atom. The van der Waals surface area contributed by atoms with E-state index in [1.807, 2.05) is 13.0 Å². The summed E-state index contributed by atoms with van der Waals surface area (Å²) in [4.78, 5) is 32.2. The second kappa shape index (κ2) is 6.29. The van der Waals surface area contributed by atoms with Gasteiger partial charge in [-0.05, 0) is 36.8 Å². The van der Waals surface area contributed by atoms with E-state index in [-0.39, 0.29) is 11.6 Å². The predicted octanol–water partition coefficient (Wildman–Crippen LogP) is 2.13. The molecule has 2 aliphatic rings. The number of anilines is 3. The number of benzene rings is 1. The number of pyridine rings is 1. The van der Waals surface area contributed by atoms with Gasteiger partial charge in [0.25, 0.3) is 5.91 Å². The van der Waals surface area contributed by atoms with Gasteiger partial charge >= 0.3 is 6.03 Å². The van der Waals surface area contributed by atoms with E-state index in [1.165, 1.54) is 28.0 Å². The molecule has 1 aromatic carbocycles. The third-order valence-corrected chi connectivity index (χ3v) is 4.52. The Balaban J connectivity index is 1.71. The highest BCUT2D eigenvalue weighted by molar-refractivity contribution is 6.09. The second-order valence-electron chi connectivity index (χ2n) is 6.31. The summed E-state index contributed by atoms with van der Waals surface area (Å²) in [5.41, 5.74) is 1.98. The average molecular weight is 355 g/mol. The van der Waals surface area contributed by atoms with Crippen LogP contribution >= 0.6 is 0 Å². The van der Waals surface area contributed by atoms with Crippen LogP contribution in [-0.2, 0) is 0 Å². The van der Waals surface area contributed by atoms with E-state index < -0.39 is 11.7 Å². The van der Waals surface area contributed by atoms with Gasteiger partial charge in [0.2, 0.25) is 0 Å². The molecular formula is C18H18FN5O2. The van der Waals surface area contributed by atoms with Gasteiger partial charge in [-0.25, -0.2) is 14.2 Å². The molecule has 1 saturated heterocycles. The van der Waals surface area contributed by atoms with E-state index in [9.17, 15) is 14.0 Å². The smallest absolute Gasteiger partial charge is 0.321 e. The zero-order valence-electron chi connectivity index (χ0n) is 14.3. The minimum Gasteiger partial charge on any atom is -0.367 e. The first-order valence-electron chi connectivity index (χ1n) is 8.42. The summed E-state index contributed by atoms with van der Waals surface area (Å²) in [6, 6.07) is 5.78. The van der Waals surface area contributed by atoms with Gasteiger partial charge in [-0.1, -0.05) is 0 Å². The van der Waals surface area contributed by atoms with Crippen molar-refractivity contribution in [1.82, 2.24) is 10.3 Å². The van der Waals surface area contributed by atoms with Crippen LogP contribution in [-0.4, -0.2) is 43.1 Å². The number of rotatable bonds is 2. The maximum Gasteiger partial charge on any atom is 0.321 e. The van der Waals surface area contributed by atoms with Crippen LogP contribution < -0.4 is 20.4 Å². The van der Waals surface area contributed by atoms with E-state index in [0.29, 0.717) is 43.4 Å². The van der Waals surface area contributed by atoms with Gasteiger partial charge < -0.3 is 15.5 Å². The van der Waals surface area contributed by atoms with E-state index in [2.05, 4.69) is 15.6 Å². The molecule has 1 fully saturated rings. The summed E-state index contributed by atoms with van der Waals surface area (Å²) in [6.45, 7) is 3.83. The van der Waals surface area contributed by atoms with Crippen molar-refractivity contribution in [1.29, 1.82) is 0 Å². The molecule has 26 heavy (non-hydrogen) atoms. The van der Waals surface area contributed by atoms with Crippen molar-refractivity contribution in [2.45, 2.75) is 6.92 Å². The first kappa shape index (κ1) is 16.3. The molecule has 1 aromatic heterocycles. The standard InChI is InChI=1S/C18H18FN5O2/c1-11-8-15-16(22-10-11)20-4-7-24(15)17(25)13-9-12(2-3-14(13)19)23-6-5-21-18(23)26/h2-3,8-10H,4-7H2,1H3,(H,20,22)(H,21,26). The minimum absolute atomic E-state index is 0.0587. The Bertz CT molecular complexity index is 901. The number of aromatic nitrogens is 1. The lowest BCUT2D eigenvalue weighted by molar-refractivity contribution is 0.0983. The molecule has 0 atom stereocenters. The van der Waals surface area contributed by atoms with Crippen LogP contribution in [0.25, 0.3) is 0 Å². The molecule has 134 valence electrons. The first-order chi connectivity index (χ1) is 12.5. The highest BCUT2D eigenvalue weighted by Crippen LogP contribution is 2.30. The Morgan fingerprint density at radius 3 is 2.77 bits per heavy atom. The van der Waals surface area contributed by atoms with Crippen LogP contribution in [0.3, 0.4) is 0 Å². The number of amides is 3. The van der Waals surface area contributed by atoms with Crippen LogP contribution in [0, 0.1) is 12.7 Å². The molecule has 0 spiro atoms. The Morgan fingerprint density at radius 1 is 1.19 bits per heavy atom. The number of halogens is 1. The molecule has 0 saturated carbocycles. The number of carbonyl (C=O) groups is 2. The molecule has 3 heterocycles. The molecule has 8 heteroatoms. The van der Waals surface area contributed by atoms with E-state index >= 15 is 0 Å². The van der Waals surface area contributed by atoms with Crippen LogP contribution in [0.15, 0.2) is 30.5 Å². The fraction of sp³-hybridized carbons (Fsp3) is 0.278. The molecule has 0 unspecified atom stereocenters. The lowest BCUT2D eigenvalue weighted by atomic mass is 10.1. The number of fused-ring (bicyclic) bond motifs is 1. The van der Waals surface area contributed by atoms with Crippen molar-refractivity contribution in [2.75, 3.05) is 41.3 Å². The number of hydrogen-bond donors (Lipinski definition) is 2. The molecular weight excluding hydrogens is 337 g/mol. The number of hydrogen-bond acceptors (Lipinski definition) is 4. The summed E-state index contributed by atoms with van der Waals surface area (Å²) in [7, 11) is 0. The number of carbonyl (C=O) groups excluding carboxylic acids is 2. The summed E-state index contributed by atoms with van der Waals surface area (Å²) >= 11 is 0. The van der Waals surface area contributed by atoms with Crippen LogP contribution in [0.1, 0.15) is 15.9 Å². The molecule has 0 bridgehead atoms. The summed E-state index contributed by atoms with van der Waals surface area (Å²) in [6.07, 6.45) is 1.72. The number of urea groups is 1. The van der Waals surface area contributed by atoms with Gasteiger partial charge in [-0.15, -0.1) is 0 Å². The third kappa shape index (κ3) is 2.73. The van der Waals surface area contributed by atoms with E-state index in [0.717, 1.165) is 5.56 Å². The van der Waals surface area contributed by atoms with Crippen LogP contribution in [0.2, 0.25) is 0 Å². The predicted molar refractivity (Wildman–Crippen MR) is 96.3 cm³/mol. The van der Waals surface area contributed by atoms with Gasteiger partial charge in [-0.3, -0.25) is 9.69 Å². The van der Waals surface area contributed by atoms with Crippen molar-refractivity contribution in [3.63, 3.8) is 0 Å². The highest BCUT2D eigenvalue weighted by Gasteiger charge is 2.28. The molecule has 2 N–H and O–H groups in total. The largest absolute Gasteiger partial charge is 0.367 e. The molecule has 3 amide bonds. The van der Waals surface area contributed by atoms with Gasteiger partial charge in [-0.2, -0.15) is 0 Å². The van der Waals surface area contributed by atoms with E-state index in [4.69, 9.17) is 0 Å². The van der Waals surface area contributed by atoms with Gasteiger partial charge in [0.15, 0.2) is 0 Å². The lowest BCUT2D eigenvalue weighted by Crippen LogP contribution is -2.39. The SMILES string of the molecule is Cc1cnc2c(c1)N(C(=O)c1cc(N3CCNC3=O)ccc1F)CCN2. The maximum atomic E-state index is 14.4. The Kier molecular flexibility index (Phi) is 3.95. The molecule has 0 aliphatic carbocycles. The maximum absolute atomic E-state index is 14.4. The van der Waals surface area contributed by atoms with Crippen molar-refractivity contribution in [3.05, 3.63) is 47.4 Å². The van der Waals surface area contributed by atoms with Crippen molar-refractivity contribution in [3.8, 4) is 0 Å². The normalized spacial score (nSPS) is 16.2. The quantitative estimate of drug-likeness (QED) is 0.865. The third-order valence-electron chi connectivity index (χ3n) is 4.52. The molecule has 2 aliphatic heterocycles. The van der Waals surface area contributed by atoms with Crippen molar-refractivity contribution < 1.29 is 14.0 Å². The first-order valence-corrected chi connectivity index (χ1v) is 8.42. The average Bonchev–Trinajstić information content (AvgIpc) is 3.07. The summed E-state index contributed by atoms with van der Waals surface area (Å²) < 4.78 is 14.4. The Labute approximate surface area is 149 Å². The summed E-state index contributed by atoms with van der Waals surface area (Å²) in [5, 5.41) is 5.84. The van der Waals surface area contributed by atoms with Crippen LogP contribution in [0.5, 0.6) is 0 Å². The van der Waals surface area contributed by atoms with Crippen molar-refractivity contribution in [2.24, 2.45) is 0 Å². The summed E-state index contributed by atoms with van der Waals surface area (Å²) in [5.74, 6) is -0.455. The number of nitrogens with zero attached hydrogens (tertiary/aromatic N) is 3. The fourth-order valence-corrected chi connectivity index (χ4v) is 3.22. The van der Waals surface area contributed by atoms with Gasteiger partial charge in [0.1, 0.15) is 11.6 Å². The van der Waals surface area contributed by atoms with Gasteiger partial charge in [0, 0.05) is 38.1 Å². The second-order valence-corrected chi connectivity index (χ2v) is 6.31. The lowest BCUT2D eigenvalue weighted by Gasteiger charge is -2.30. The zero-order chi connectivity index (χ0) is 18.3. The number of nitrogens with one attached hydrogen (secondary N) is 2. The zero-order valence-corrected chi connectivity index (χ0v) is 14.3. The highest BCUT2D eigenvalue weighted by atomic mass is 19.1.